The van der Waals surface area contributed by atoms with E-state index >= 15 is 0 Å². The lowest BCUT2D eigenvalue weighted by Crippen LogP contribution is -2.56. The number of ether oxygens (including phenoxy) is 1. The van der Waals surface area contributed by atoms with Crippen LogP contribution in [0.25, 0.3) is 11.1 Å². The first-order valence-electron chi connectivity index (χ1n) is 13.0. The second kappa shape index (κ2) is 10.6. The standard InChI is InChI=1S/C32H26ClN3O4/c33-29-16-23(35-31(38)26-13-11-25(37)17-28(26)21-6-2-1-3-7-21)10-12-27(29)32(39)36-14-15-40-20-24(36)19-34-18-22-8-4-5-9-30(22)36/h1-7,9-13,16-19,34H,8,14-15,20H2,(H-,35,37,38,39)/p+1/t36-/m1/s1. The highest BCUT2D eigenvalue weighted by Gasteiger charge is 2.50. The van der Waals surface area contributed by atoms with Crippen LogP contribution in [0, 0.1) is 0 Å². The number of hydrogen-bond acceptors (Lipinski definition) is 5. The molecule has 8 heteroatoms. The maximum absolute atomic E-state index is 14.3. The molecule has 1 saturated heterocycles. The SMILES string of the molecule is O=C(Nc1ccc(C(=O)[N@+]23CCOCC2=CNC=C2CC=CC=C23)c(Cl)c1)c1ccc(O)cc1-c1ccccc1. The number of morpholine rings is 1. The molecule has 3 aromatic carbocycles. The molecule has 0 radical (unpaired) electrons. The number of anilines is 1. The first-order chi connectivity index (χ1) is 19.5. The Kier molecular flexibility index (Phi) is 6.86. The van der Waals surface area contributed by atoms with Crippen molar-refractivity contribution in [2.75, 3.05) is 25.1 Å². The molecule has 2 aliphatic heterocycles. The van der Waals surface area contributed by atoms with Crippen molar-refractivity contribution in [3.8, 4) is 16.9 Å². The number of aromatic hydroxyl groups is 1. The zero-order valence-electron chi connectivity index (χ0n) is 21.6. The molecular weight excluding hydrogens is 526 g/mol. The van der Waals surface area contributed by atoms with Crippen LogP contribution >= 0.6 is 11.6 Å². The molecule has 0 aromatic heterocycles. The smallest absolute Gasteiger partial charge is 0.357 e. The fourth-order valence-electron chi connectivity index (χ4n) is 5.47. The van der Waals surface area contributed by atoms with Crippen molar-refractivity contribution in [2.24, 2.45) is 0 Å². The lowest BCUT2D eigenvalue weighted by molar-refractivity contribution is -0.779. The number of rotatable bonds is 4. The number of nitrogens with one attached hydrogen (secondary N) is 2. The van der Waals surface area contributed by atoms with E-state index in [2.05, 4.69) is 16.7 Å². The van der Waals surface area contributed by atoms with Gasteiger partial charge in [0.05, 0.1) is 23.4 Å². The fourth-order valence-corrected chi connectivity index (χ4v) is 5.73. The molecule has 2 heterocycles. The third-order valence-corrected chi connectivity index (χ3v) is 7.74. The molecule has 7 nitrogen and oxygen atoms in total. The van der Waals surface area contributed by atoms with Crippen LogP contribution in [0.4, 0.5) is 5.69 Å². The summed E-state index contributed by atoms with van der Waals surface area (Å²) in [5.74, 6) is -0.448. The third kappa shape index (κ3) is 4.54. The minimum absolute atomic E-state index is 0.00252. The van der Waals surface area contributed by atoms with Gasteiger partial charge in [-0.1, -0.05) is 54.1 Å². The molecule has 0 bridgehead atoms. The quantitative estimate of drug-likeness (QED) is 0.339. The summed E-state index contributed by atoms with van der Waals surface area (Å²) >= 11 is 6.74. The zero-order chi connectivity index (χ0) is 27.7. The van der Waals surface area contributed by atoms with E-state index in [1.54, 1.807) is 30.3 Å². The summed E-state index contributed by atoms with van der Waals surface area (Å²) in [6, 6.07) is 19.0. The normalized spacial score (nSPS) is 19.6. The Morgan fingerprint density at radius 3 is 2.65 bits per heavy atom. The van der Waals surface area contributed by atoms with Crippen LogP contribution < -0.4 is 10.6 Å². The second-order valence-electron chi connectivity index (χ2n) is 9.79. The number of hydrogen-bond donors (Lipinski definition) is 3. The van der Waals surface area contributed by atoms with Crippen molar-refractivity contribution in [2.45, 2.75) is 6.42 Å². The van der Waals surface area contributed by atoms with Crippen LogP contribution in [0.15, 0.2) is 114 Å². The zero-order valence-corrected chi connectivity index (χ0v) is 22.3. The van der Waals surface area contributed by atoms with E-state index in [1.807, 2.05) is 54.9 Å². The predicted octanol–water partition coefficient (Wildman–Crippen LogP) is 6.12. The molecule has 3 aromatic rings. The molecule has 3 N–H and O–H groups in total. The van der Waals surface area contributed by atoms with Crippen LogP contribution in [-0.4, -0.2) is 41.2 Å². The Morgan fingerprint density at radius 2 is 1.82 bits per heavy atom. The van der Waals surface area contributed by atoms with E-state index in [4.69, 9.17) is 16.3 Å². The molecular formula is C32H27ClN3O4+. The number of nitrogens with zero attached hydrogens (tertiary/aromatic N) is 1. The van der Waals surface area contributed by atoms with Gasteiger partial charge in [-0.15, -0.1) is 0 Å². The van der Waals surface area contributed by atoms with Gasteiger partial charge in [-0.05, 0) is 53.9 Å². The molecule has 40 heavy (non-hydrogen) atoms. The summed E-state index contributed by atoms with van der Waals surface area (Å²) in [7, 11) is 0. The van der Waals surface area contributed by atoms with Gasteiger partial charge < -0.3 is 20.5 Å². The van der Waals surface area contributed by atoms with Crippen LogP contribution in [-0.2, 0) is 4.74 Å². The Hall–Kier alpha value is -4.43. The molecule has 1 atom stereocenters. The van der Waals surface area contributed by atoms with E-state index < -0.39 is 0 Å². The van der Waals surface area contributed by atoms with Gasteiger partial charge in [0, 0.05) is 29.1 Å². The summed E-state index contributed by atoms with van der Waals surface area (Å²) < 4.78 is 5.73. The summed E-state index contributed by atoms with van der Waals surface area (Å²) in [4.78, 5) is 27.7. The van der Waals surface area contributed by atoms with Gasteiger partial charge in [0.2, 0.25) is 0 Å². The molecule has 0 spiro atoms. The fraction of sp³-hybridized carbons (Fsp3) is 0.125. The van der Waals surface area contributed by atoms with Gasteiger partial charge in [0.25, 0.3) is 5.91 Å². The van der Waals surface area contributed by atoms with Gasteiger partial charge in [-0.2, -0.15) is 4.48 Å². The number of amides is 2. The second-order valence-corrected chi connectivity index (χ2v) is 10.2. The molecule has 1 fully saturated rings. The molecule has 3 aliphatic rings. The molecule has 0 unspecified atom stereocenters. The van der Waals surface area contributed by atoms with Crippen molar-refractivity contribution >= 4 is 29.1 Å². The van der Waals surface area contributed by atoms with Gasteiger partial charge in [0.1, 0.15) is 18.9 Å². The minimum atomic E-state index is -0.359. The van der Waals surface area contributed by atoms with Crippen molar-refractivity contribution in [3.63, 3.8) is 0 Å². The number of fused-ring (bicyclic) bond motifs is 3. The van der Waals surface area contributed by atoms with E-state index in [-0.39, 0.29) is 27.1 Å². The topological polar surface area (TPSA) is 87.7 Å². The number of phenolic OH excluding ortho intramolecular Hbond substituents is 1. The number of quaternary nitrogens is 1. The molecule has 2 amide bonds. The van der Waals surface area contributed by atoms with Gasteiger partial charge in [-0.3, -0.25) is 4.79 Å². The number of carbonyl (C=O) groups excluding carboxylic acids is 2. The first kappa shape index (κ1) is 25.8. The van der Waals surface area contributed by atoms with Crippen LogP contribution in [0.2, 0.25) is 5.02 Å². The number of benzene rings is 3. The van der Waals surface area contributed by atoms with Gasteiger partial charge >= 0.3 is 5.91 Å². The summed E-state index contributed by atoms with van der Waals surface area (Å²) in [6.07, 6.45) is 10.5. The van der Waals surface area contributed by atoms with E-state index in [0.717, 1.165) is 29.0 Å². The summed E-state index contributed by atoms with van der Waals surface area (Å²) in [6.45, 7) is 1.20. The Labute approximate surface area is 236 Å². The highest BCUT2D eigenvalue weighted by atomic mass is 35.5. The Bertz CT molecular complexity index is 1640. The van der Waals surface area contributed by atoms with E-state index in [9.17, 15) is 14.7 Å². The van der Waals surface area contributed by atoms with Crippen LogP contribution in [0.3, 0.4) is 0 Å². The highest BCUT2D eigenvalue weighted by molar-refractivity contribution is 6.34. The summed E-state index contributed by atoms with van der Waals surface area (Å²) in [5.41, 5.74) is 5.36. The van der Waals surface area contributed by atoms with Crippen molar-refractivity contribution in [3.05, 3.63) is 130 Å². The third-order valence-electron chi connectivity index (χ3n) is 7.42. The van der Waals surface area contributed by atoms with Gasteiger partial charge in [-0.25, -0.2) is 4.79 Å². The van der Waals surface area contributed by atoms with Crippen molar-refractivity contribution < 1.29 is 23.9 Å². The largest absolute Gasteiger partial charge is 0.508 e. The molecule has 200 valence electrons. The van der Waals surface area contributed by atoms with E-state index in [1.165, 1.54) is 6.07 Å². The van der Waals surface area contributed by atoms with Crippen molar-refractivity contribution in [1.29, 1.82) is 0 Å². The maximum atomic E-state index is 14.3. The molecule has 0 saturated carbocycles. The highest BCUT2D eigenvalue weighted by Crippen LogP contribution is 2.40. The van der Waals surface area contributed by atoms with E-state index in [0.29, 0.717) is 42.1 Å². The summed E-state index contributed by atoms with van der Waals surface area (Å²) in [5, 5.41) is 16.4. The lowest BCUT2D eigenvalue weighted by Gasteiger charge is -2.41. The van der Waals surface area contributed by atoms with Crippen LogP contribution in [0.5, 0.6) is 5.75 Å². The maximum Gasteiger partial charge on any atom is 0.357 e. The minimum Gasteiger partial charge on any atom is -0.508 e. The first-order valence-corrected chi connectivity index (χ1v) is 13.4. The predicted molar refractivity (Wildman–Crippen MR) is 154 cm³/mol. The number of halogens is 1. The average molecular weight is 553 g/mol. The monoisotopic (exact) mass is 552 g/mol. The lowest BCUT2D eigenvalue weighted by atomic mass is 9.98. The Morgan fingerprint density at radius 1 is 1.00 bits per heavy atom. The molecule has 6 rings (SSSR count). The van der Waals surface area contributed by atoms with Crippen molar-refractivity contribution in [1.82, 2.24) is 5.32 Å². The average Bonchev–Trinajstić information content (AvgIpc) is 3.15. The number of carbonyl (C=O) groups is 2. The Balaban J connectivity index is 1.32. The van der Waals surface area contributed by atoms with Gasteiger partial charge in [0.15, 0.2) is 11.4 Å². The van der Waals surface area contributed by atoms with Crippen LogP contribution in [0.1, 0.15) is 27.1 Å². The number of phenols is 1. The molecule has 1 aliphatic carbocycles. The number of allylic oxidation sites excluding steroid dienone is 4.